The zero-order valence-electron chi connectivity index (χ0n) is 8.69. The average Bonchev–Trinajstić information content (AvgIpc) is 2.56. The SMILES string of the molecule is CC1CC(N)CCN1Cc1nnc(Cl)s1. The summed E-state index contributed by atoms with van der Waals surface area (Å²) in [6.45, 7) is 4.10. The van der Waals surface area contributed by atoms with Crippen molar-refractivity contribution in [2.24, 2.45) is 5.73 Å². The van der Waals surface area contributed by atoms with Crippen LogP contribution < -0.4 is 5.73 Å². The van der Waals surface area contributed by atoms with Gasteiger partial charge in [0.05, 0.1) is 6.54 Å². The van der Waals surface area contributed by atoms with E-state index in [9.17, 15) is 0 Å². The van der Waals surface area contributed by atoms with E-state index in [4.69, 9.17) is 17.3 Å². The van der Waals surface area contributed by atoms with Crippen molar-refractivity contribution in [1.29, 1.82) is 0 Å². The molecule has 0 spiro atoms. The minimum absolute atomic E-state index is 0.356. The molecular weight excluding hydrogens is 232 g/mol. The second kappa shape index (κ2) is 4.74. The number of likely N-dealkylation sites (tertiary alicyclic amines) is 1. The Morgan fingerprint density at radius 1 is 1.60 bits per heavy atom. The van der Waals surface area contributed by atoms with Gasteiger partial charge in [0.15, 0.2) is 0 Å². The number of hydrogen-bond acceptors (Lipinski definition) is 5. The van der Waals surface area contributed by atoms with Crippen LogP contribution in [0.25, 0.3) is 0 Å². The molecule has 2 atom stereocenters. The van der Waals surface area contributed by atoms with Crippen molar-refractivity contribution in [3.63, 3.8) is 0 Å². The second-order valence-electron chi connectivity index (χ2n) is 4.05. The van der Waals surface area contributed by atoms with E-state index in [1.165, 1.54) is 11.3 Å². The molecule has 0 bridgehead atoms. The summed E-state index contributed by atoms with van der Waals surface area (Å²) in [4.78, 5) is 2.39. The normalized spacial score (nSPS) is 28.2. The van der Waals surface area contributed by atoms with E-state index < -0.39 is 0 Å². The molecule has 6 heteroatoms. The van der Waals surface area contributed by atoms with E-state index in [0.29, 0.717) is 16.6 Å². The molecule has 1 aromatic rings. The first kappa shape index (κ1) is 11.3. The standard InChI is InChI=1S/C9H15ClN4S/c1-6-4-7(11)2-3-14(6)5-8-12-13-9(10)15-8/h6-7H,2-5,11H2,1H3. The fraction of sp³-hybridized carbons (Fsp3) is 0.778. The van der Waals surface area contributed by atoms with Crippen LogP contribution in [-0.2, 0) is 6.54 Å². The summed E-state index contributed by atoms with van der Waals surface area (Å²) in [5.41, 5.74) is 5.91. The highest BCUT2D eigenvalue weighted by Crippen LogP contribution is 2.21. The van der Waals surface area contributed by atoms with Gasteiger partial charge in [-0.2, -0.15) is 0 Å². The first-order valence-corrected chi connectivity index (χ1v) is 6.32. The molecule has 2 rings (SSSR count). The molecule has 2 unspecified atom stereocenters. The lowest BCUT2D eigenvalue weighted by Crippen LogP contribution is -2.44. The van der Waals surface area contributed by atoms with Gasteiger partial charge in [-0.05, 0) is 31.4 Å². The van der Waals surface area contributed by atoms with Crippen LogP contribution in [0.15, 0.2) is 0 Å². The monoisotopic (exact) mass is 246 g/mol. The number of hydrogen-bond donors (Lipinski definition) is 1. The highest BCUT2D eigenvalue weighted by atomic mass is 35.5. The maximum absolute atomic E-state index is 5.91. The van der Waals surface area contributed by atoms with Gasteiger partial charge >= 0.3 is 0 Å². The van der Waals surface area contributed by atoms with E-state index in [0.717, 1.165) is 30.9 Å². The molecular formula is C9H15ClN4S. The molecule has 1 aromatic heterocycles. The van der Waals surface area contributed by atoms with Gasteiger partial charge in [0.2, 0.25) is 4.47 Å². The van der Waals surface area contributed by atoms with Crippen molar-refractivity contribution >= 4 is 22.9 Å². The van der Waals surface area contributed by atoms with Crippen molar-refractivity contribution < 1.29 is 0 Å². The Morgan fingerprint density at radius 2 is 2.40 bits per heavy atom. The van der Waals surface area contributed by atoms with Gasteiger partial charge in [0.25, 0.3) is 0 Å². The minimum Gasteiger partial charge on any atom is -0.328 e. The Bertz CT molecular complexity index is 330. The topological polar surface area (TPSA) is 55.0 Å². The molecule has 0 aliphatic carbocycles. The molecule has 1 fully saturated rings. The summed E-state index contributed by atoms with van der Waals surface area (Å²) < 4.78 is 0.520. The average molecular weight is 247 g/mol. The van der Waals surface area contributed by atoms with Gasteiger partial charge in [-0.3, -0.25) is 4.90 Å². The molecule has 84 valence electrons. The Kier molecular flexibility index (Phi) is 3.56. The smallest absolute Gasteiger partial charge is 0.207 e. The quantitative estimate of drug-likeness (QED) is 0.860. The first-order valence-electron chi connectivity index (χ1n) is 5.12. The molecule has 2 heterocycles. The van der Waals surface area contributed by atoms with Gasteiger partial charge in [0, 0.05) is 18.6 Å². The molecule has 0 amide bonds. The fourth-order valence-electron chi connectivity index (χ4n) is 1.96. The largest absolute Gasteiger partial charge is 0.328 e. The van der Waals surface area contributed by atoms with Crippen LogP contribution in [0.2, 0.25) is 4.47 Å². The molecule has 2 N–H and O–H groups in total. The Morgan fingerprint density at radius 3 is 3.00 bits per heavy atom. The highest BCUT2D eigenvalue weighted by Gasteiger charge is 2.23. The Hall–Kier alpha value is -0.230. The van der Waals surface area contributed by atoms with E-state index in [2.05, 4.69) is 22.0 Å². The number of nitrogens with zero attached hydrogens (tertiary/aromatic N) is 3. The molecule has 15 heavy (non-hydrogen) atoms. The van der Waals surface area contributed by atoms with E-state index in [1.807, 2.05) is 0 Å². The fourth-order valence-corrected chi connectivity index (χ4v) is 2.86. The number of aromatic nitrogens is 2. The third-order valence-corrected chi connectivity index (χ3v) is 3.84. The summed E-state index contributed by atoms with van der Waals surface area (Å²) in [6, 6.07) is 0.880. The molecule has 1 aliphatic heterocycles. The van der Waals surface area contributed by atoms with Crippen LogP contribution >= 0.6 is 22.9 Å². The predicted molar refractivity (Wildman–Crippen MR) is 62.0 cm³/mol. The molecule has 0 aromatic carbocycles. The Labute approximate surface area is 98.4 Å². The molecule has 4 nitrogen and oxygen atoms in total. The van der Waals surface area contributed by atoms with Gasteiger partial charge in [0.1, 0.15) is 5.01 Å². The zero-order chi connectivity index (χ0) is 10.8. The van der Waals surface area contributed by atoms with Crippen LogP contribution in [0.1, 0.15) is 24.8 Å². The van der Waals surface area contributed by atoms with Crippen LogP contribution in [0, 0.1) is 0 Å². The van der Waals surface area contributed by atoms with Crippen molar-refractivity contribution in [3.8, 4) is 0 Å². The summed E-state index contributed by atoms with van der Waals surface area (Å²) >= 11 is 7.20. The maximum atomic E-state index is 5.91. The number of halogens is 1. The van der Waals surface area contributed by atoms with E-state index in [-0.39, 0.29) is 0 Å². The number of nitrogens with two attached hydrogens (primary N) is 1. The van der Waals surface area contributed by atoms with Crippen LogP contribution in [0.5, 0.6) is 0 Å². The summed E-state index contributed by atoms with van der Waals surface area (Å²) in [5, 5.41) is 8.82. The van der Waals surface area contributed by atoms with Gasteiger partial charge < -0.3 is 5.73 Å². The third kappa shape index (κ3) is 2.87. The lowest BCUT2D eigenvalue weighted by atomic mass is 9.99. The first-order chi connectivity index (χ1) is 7.15. The predicted octanol–water partition coefficient (Wildman–Crippen LogP) is 1.50. The van der Waals surface area contributed by atoms with E-state index in [1.54, 1.807) is 0 Å². The van der Waals surface area contributed by atoms with Crippen LogP contribution in [-0.4, -0.2) is 33.7 Å². The summed E-state index contributed by atoms with van der Waals surface area (Å²) in [7, 11) is 0. The van der Waals surface area contributed by atoms with Crippen molar-refractivity contribution in [2.45, 2.75) is 38.4 Å². The minimum atomic E-state index is 0.356. The van der Waals surface area contributed by atoms with Gasteiger partial charge in [-0.15, -0.1) is 10.2 Å². The summed E-state index contributed by atoms with van der Waals surface area (Å²) in [6.07, 6.45) is 2.13. The lowest BCUT2D eigenvalue weighted by Gasteiger charge is -2.35. The van der Waals surface area contributed by atoms with E-state index >= 15 is 0 Å². The summed E-state index contributed by atoms with van der Waals surface area (Å²) in [5.74, 6) is 0. The third-order valence-electron chi connectivity index (χ3n) is 2.83. The van der Waals surface area contributed by atoms with Gasteiger partial charge in [-0.1, -0.05) is 11.3 Å². The number of piperidine rings is 1. The molecule has 1 aliphatic rings. The number of rotatable bonds is 2. The van der Waals surface area contributed by atoms with Crippen molar-refractivity contribution in [1.82, 2.24) is 15.1 Å². The molecule has 0 saturated carbocycles. The highest BCUT2D eigenvalue weighted by molar-refractivity contribution is 7.15. The Balaban J connectivity index is 1.94. The maximum Gasteiger partial charge on any atom is 0.207 e. The van der Waals surface area contributed by atoms with Gasteiger partial charge in [-0.25, -0.2) is 0 Å². The van der Waals surface area contributed by atoms with Crippen LogP contribution in [0.3, 0.4) is 0 Å². The lowest BCUT2D eigenvalue weighted by molar-refractivity contribution is 0.139. The van der Waals surface area contributed by atoms with Crippen molar-refractivity contribution in [2.75, 3.05) is 6.54 Å². The zero-order valence-corrected chi connectivity index (χ0v) is 10.3. The molecule has 0 radical (unpaired) electrons. The second-order valence-corrected chi connectivity index (χ2v) is 5.70. The molecule has 1 saturated heterocycles. The van der Waals surface area contributed by atoms with Crippen molar-refractivity contribution in [3.05, 3.63) is 9.47 Å². The van der Waals surface area contributed by atoms with Crippen LogP contribution in [0.4, 0.5) is 0 Å².